The van der Waals surface area contributed by atoms with Gasteiger partial charge in [0.2, 0.25) is 0 Å². The van der Waals surface area contributed by atoms with Gasteiger partial charge in [-0.25, -0.2) is 0 Å². The number of methoxy groups -OCH3 is 4. The van der Waals surface area contributed by atoms with Crippen molar-refractivity contribution in [3.8, 4) is 17.2 Å². The quantitative estimate of drug-likeness (QED) is 0.366. The lowest BCUT2D eigenvalue weighted by atomic mass is 9.69. The van der Waals surface area contributed by atoms with Gasteiger partial charge in [-0.05, 0) is 21.7 Å². The van der Waals surface area contributed by atoms with Crippen molar-refractivity contribution in [2.24, 2.45) is 10.8 Å². The van der Waals surface area contributed by atoms with Crippen LogP contribution in [0.2, 0.25) is 0 Å². The average Bonchev–Trinajstić information content (AvgIpc) is 2.80. The van der Waals surface area contributed by atoms with Crippen LogP contribution >= 0.6 is 0 Å². The Morgan fingerprint density at radius 1 is 0.595 bits per heavy atom. The summed E-state index contributed by atoms with van der Waals surface area (Å²) in [5.41, 5.74) is 2.34. The summed E-state index contributed by atoms with van der Waals surface area (Å²) in [6.07, 6.45) is 0. The molecule has 0 spiro atoms. The molecule has 0 saturated carbocycles. The van der Waals surface area contributed by atoms with Crippen molar-refractivity contribution in [1.29, 1.82) is 0 Å². The molecule has 0 unspecified atom stereocenters. The van der Waals surface area contributed by atoms with Gasteiger partial charge in [-0.3, -0.25) is 4.79 Å². The number of hydrogen-bond acceptors (Lipinski definition) is 7. The third-order valence-corrected chi connectivity index (χ3v) is 7.48. The maximum Gasteiger partial charge on any atom is 0.193 e. The second-order valence-electron chi connectivity index (χ2n) is 15.3. The van der Waals surface area contributed by atoms with Crippen molar-refractivity contribution in [2.75, 3.05) is 42.5 Å². The summed E-state index contributed by atoms with van der Waals surface area (Å²) in [4.78, 5) is 16.3. The fourth-order valence-electron chi connectivity index (χ4n) is 5.95. The highest BCUT2D eigenvalue weighted by Gasteiger charge is 2.46. The summed E-state index contributed by atoms with van der Waals surface area (Å²) in [6.45, 7) is 24.4. The van der Waals surface area contributed by atoms with Crippen LogP contribution < -0.4 is 9.47 Å². The Kier molecular flexibility index (Phi) is 9.64. The van der Waals surface area contributed by atoms with Gasteiger partial charge in [-0.2, -0.15) is 0 Å². The topological polar surface area (TPSA) is 77.5 Å². The number of carbonyl (C=O) groups excluding carboxylic acids is 1. The van der Waals surface area contributed by atoms with Crippen LogP contribution in [-0.4, -0.2) is 58.3 Å². The van der Waals surface area contributed by atoms with Crippen molar-refractivity contribution in [2.45, 2.75) is 93.9 Å². The summed E-state index contributed by atoms with van der Waals surface area (Å²) in [5, 5.41) is 11.9. The SMILES string of the molecule is COC1=C(C(C)(C)C)C(=O)C(C(C)(C)C)=C(OC)C1=C(c1c(OC)c(C(C)(C)C)c(O)c(C(C)(C)C)c1OC)N(C)C. The van der Waals surface area contributed by atoms with E-state index in [0.29, 0.717) is 62.1 Å². The molecule has 7 heteroatoms. The number of Topliss-reactive ketones (excluding diaryl/α,β-unsaturated/α-hetero) is 1. The predicted molar refractivity (Wildman–Crippen MR) is 171 cm³/mol. The Morgan fingerprint density at radius 2 is 0.929 bits per heavy atom. The number of ketones is 1. The third kappa shape index (κ3) is 6.02. The lowest BCUT2D eigenvalue weighted by Gasteiger charge is -2.38. The number of carbonyl (C=O) groups is 1. The largest absolute Gasteiger partial charge is 0.507 e. The van der Waals surface area contributed by atoms with E-state index in [9.17, 15) is 9.90 Å². The Bertz CT molecular complexity index is 1240. The number of phenolic OH excluding ortho intramolecular Hbond substituents is 1. The molecule has 0 heterocycles. The van der Waals surface area contributed by atoms with Crippen LogP contribution in [0.1, 0.15) is 99.8 Å². The van der Waals surface area contributed by atoms with Gasteiger partial charge >= 0.3 is 0 Å². The van der Waals surface area contributed by atoms with E-state index < -0.39 is 21.7 Å². The molecule has 0 aromatic heterocycles. The Labute approximate surface area is 254 Å². The van der Waals surface area contributed by atoms with Crippen molar-refractivity contribution < 1.29 is 28.8 Å². The van der Waals surface area contributed by atoms with E-state index in [2.05, 4.69) is 0 Å². The number of phenols is 1. The van der Waals surface area contributed by atoms with Gasteiger partial charge in [0.15, 0.2) is 5.78 Å². The van der Waals surface area contributed by atoms with Gasteiger partial charge in [0.05, 0.1) is 45.3 Å². The minimum Gasteiger partial charge on any atom is -0.507 e. The molecule has 0 fully saturated rings. The maximum atomic E-state index is 14.3. The van der Waals surface area contributed by atoms with Crippen LogP contribution in [0.15, 0.2) is 28.2 Å². The molecule has 0 radical (unpaired) electrons. The fourth-order valence-corrected chi connectivity index (χ4v) is 5.95. The van der Waals surface area contributed by atoms with Gasteiger partial charge in [0.1, 0.15) is 28.8 Å². The standard InChI is InChI=1S/C35H55NO6/c1-32(2,3)21-26(37)22(33(4,5)6)29(40-16)19(28(21)39-15)25(36(13)14)20-30(41-17)23(34(7,8)9)27(38)24(31(20)42-18)35(10,11)12/h37H,1-18H3. The highest BCUT2D eigenvalue weighted by Crippen LogP contribution is 2.56. The fraction of sp³-hybridized carbons (Fsp3) is 0.629. The summed E-state index contributed by atoms with van der Waals surface area (Å²) in [6, 6.07) is 0. The summed E-state index contributed by atoms with van der Waals surface area (Å²) in [5.74, 6) is 1.89. The molecule has 236 valence electrons. The van der Waals surface area contributed by atoms with E-state index in [1.54, 1.807) is 28.4 Å². The van der Waals surface area contributed by atoms with Crippen molar-refractivity contribution in [3.63, 3.8) is 0 Å². The molecular formula is C35H55NO6. The van der Waals surface area contributed by atoms with Crippen LogP contribution in [0.4, 0.5) is 0 Å². The number of rotatable bonds is 6. The van der Waals surface area contributed by atoms with Crippen LogP contribution in [0, 0.1) is 10.8 Å². The first-order valence-electron chi connectivity index (χ1n) is 14.5. The van der Waals surface area contributed by atoms with Crippen molar-refractivity contribution >= 4 is 11.5 Å². The second kappa shape index (κ2) is 11.5. The Balaban J connectivity index is 3.62. The van der Waals surface area contributed by atoms with Gasteiger partial charge in [-0.15, -0.1) is 0 Å². The highest BCUT2D eigenvalue weighted by atomic mass is 16.5. The molecule has 1 N–H and O–H groups in total. The highest BCUT2D eigenvalue weighted by molar-refractivity contribution is 6.14. The van der Waals surface area contributed by atoms with Crippen LogP contribution in [0.25, 0.3) is 5.70 Å². The Hall–Kier alpha value is -3.09. The molecular weight excluding hydrogens is 530 g/mol. The molecule has 1 aliphatic rings. The van der Waals surface area contributed by atoms with Crippen molar-refractivity contribution in [3.05, 3.63) is 44.9 Å². The minimum absolute atomic E-state index is 0.0963. The van der Waals surface area contributed by atoms with E-state index in [0.717, 1.165) is 0 Å². The minimum atomic E-state index is -0.545. The molecule has 0 saturated heterocycles. The lowest BCUT2D eigenvalue weighted by molar-refractivity contribution is -0.114. The van der Waals surface area contributed by atoms with Gasteiger partial charge in [-0.1, -0.05) is 83.1 Å². The van der Waals surface area contributed by atoms with Crippen LogP contribution in [-0.2, 0) is 25.1 Å². The molecule has 1 aromatic rings. The van der Waals surface area contributed by atoms with Gasteiger partial charge in [0.25, 0.3) is 0 Å². The second-order valence-corrected chi connectivity index (χ2v) is 15.3. The number of allylic oxidation sites excluding steroid dienone is 2. The molecule has 7 nitrogen and oxygen atoms in total. The van der Waals surface area contributed by atoms with Gasteiger partial charge < -0.3 is 29.0 Å². The Morgan fingerprint density at radius 3 is 1.14 bits per heavy atom. The van der Waals surface area contributed by atoms with E-state index >= 15 is 0 Å². The molecule has 2 rings (SSSR count). The van der Waals surface area contributed by atoms with E-state index in [1.807, 2.05) is 102 Å². The average molecular weight is 586 g/mol. The first kappa shape index (κ1) is 35.1. The number of nitrogens with zero attached hydrogens (tertiary/aromatic N) is 1. The molecule has 0 atom stereocenters. The maximum absolute atomic E-state index is 14.3. The van der Waals surface area contributed by atoms with Crippen LogP contribution in [0.3, 0.4) is 0 Å². The predicted octanol–water partition coefficient (Wildman–Crippen LogP) is 7.75. The lowest BCUT2D eigenvalue weighted by Crippen LogP contribution is -2.34. The molecule has 42 heavy (non-hydrogen) atoms. The molecule has 1 aromatic carbocycles. The number of hydrogen-bond donors (Lipinski definition) is 1. The van der Waals surface area contributed by atoms with Gasteiger partial charge in [0, 0.05) is 36.4 Å². The zero-order valence-electron chi connectivity index (χ0n) is 29.4. The monoisotopic (exact) mass is 585 g/mol. The zero-order chi connectivity index (χ0) is 32.9. The zero-order valence-corrected chi connectivity index (χ0v) is 29.4. The normalized spacial score (nSPS) is 15.3. The van der Waals surface area contributed by atoms with E-state index in [-0.39, 0.29) is 11.5 Å². The number of benzene rings is 1. The summed E-state index contributed by atoms with van der Waals surface area (Å²) < 4.78 is 24.7. The molecule has 0 amide bonds. The molecule has 0 aliphatic heterocycles. The number of aromatic hydroxyl groups is 1. The molecule has 0 bridgehead atoms. The molecule has 1 aliphatic carbocycles. The first-order valence-corrected chi connectivity index (χ1v) is 14.5. The van der Waals surface area contributed by atoms with Crippen molar-refractivity contribution in [1.82, 2.24) is 4.90 Å². The first-order chi connectivity index (χ1) is 18.9. The third-order valence-electron chi connectivity index (χ3n) is 7.48. The summed E-state index contributed by atoms with van der Waals surface area (Å²) in [7, 11) is 10.3. The summed E-state index contributed by atoms with van der Waals surface area (Å²) >= 11 is 0. The smallest absolute Gasteiger partial charge is 0.193 e. The van der Waals surface area contributed by atoms with E-state index in [4.69, 9.17) is 18.9 Å². The van der Waals surface area contributed by atoms with Crippen LogP contribution in [0.5, 0.6) is 17.2 Å². The van der Waals surface area contributed by atoms with E-state index in [1.165, 1.54) is 0 Å². The number of ether oxygens (including phenoxy) is 4.